The Bertz CT molecular complexity index is 688. The summed E-state index contributed by atoms with van der Waals surface area (Å²) in [5.74, 6) is -0.385. The lowest BCUT2D eigenvalue weighted by Gasteiger charge is -2.11. The fourth-order valence-electron chi connectivity index (χ4n) is 1.98. The number of aryl methyl sites for hydroxylation is 3. The van der Waals surface area contributed by atoms with Crippen LogP contribution in [0.25, 0.3) is 0 Å². The molecular weight excluding hydrogens is 313 g/mol. The number of nitrogens with one attached hydrogen (secondary N) is 1. The SMILES string of the molecule is CCn1nc(C)c(N)c1C(=O)Nc1c(C)cc(Cl)nc1Cl. The van der Waals surface area contributed by atoms with Gasteiger partial charge in [0, 0.05) is 6.54 Å². The highest BCUT2D eigenvalue weighted by molar-refractivity contribution is 6.35. The van der Waals surface area contributed by atoms with E-state index in [-0.39, 0.29) is 16.2 Å². The van der Waals surface area contributed by atoms with E-state index in [2.05, 4.69) is 15.4 Å². The third-order valence-electron chi connectivity index (χ3n) is 3.07. The maximum Gasteiger partial charge on any atom is 0.276 e. The Labute approximate surface area is 132 Å². The Balaban J connectivity index is 2.40. The van der Waals surface area contributed by atoms with Gasteiger partial charge in [-0.1, -0.05) is 23.2 Å². The largest absolute Gasteiger partial charge is 0.395 e. The molecule has 0 aliphatic carbocycles. The first kappa shape index (κ1) is 15.6. The summed E-state index contributed by atoms with van der Waals surface area (Å²) < 4.78 is 1.55. The molecule has 2 aromatic rings. The van der Waals surface area contributed by atoms with Gasteiger partial charge >= 0.3 is 0 Å². The minimum Gasteiger partial charge on any atom is -0.395 e. The molecular formula is C13H15Cl2N5O. The zero-order valence-corrected chi connectivity index (χ0v) is 13.4. The van der Waals surface area contributed by atoms with E-state index < -0.39 is 0 Å². The van der Waals surface area contributed by atoms with Crippen molar-refractivity contribution < 1.29 is 4.79 Å². The van der Waals surface area contributed by atoms with E-state index in [4.69, 9.17) is 28.9 Å². The molecule has 0 aromatic carbocycles. The normalized spacial score (nSPS) is 10.7. The van der Waals surface area contributed by atoms with E-state index >= 15 is 0 Å². The lowest BCUT2D eigenvalue weighted by Crippen LogP contribution is -2.19. The zero-order chi connectivity index (χ0) is 15.7. The molecule has 1 amide bonds. The molecule has 0 atom stereocenters. The van der Waals surface area contributed by atoms with Crippen molar-refractivity contribution in [2.45, 2.75) is 27.3 Å². The first-order valence-corrected chi connectivity index (χ1v) is 7.07. The summed E-state index contributed by atoms with van der Waals surface area (Å²) in [5.41, 5.74) is 8.31. The summed E-state index contributed by atoms with van der Waals surface area (Å²) in [6, 6.07) is 1.62. The van der Waals surface area contributed by atoms with E-state index in [1.165, 1.54) is 0 Å². The van der Waals surface area contributed by atoms with Crippen LogP contribution in [0.1, 0.15) is 28.7 Å². The zero-order valence-electron chi connectivity index (χ0n) is 11.9. The number of carbonyl (C=O) groups is 1. The Morgan fingerprint density at radius 1 is 1.43 bits per heavy atom. The predicted molar refractivity (Wildman–Crippen MR) is 84.0 cm³/mol. The highest BCUT2D eigenvalue weighted by atomic mass is 35.5. The maximum atomic E-state index is 12.4. The molecule has 0 aliphatic heterocycles. The van der Waals surface area contributed by atoms with E-state index in [1.807, 2.05) is 6.92 Å². The fraction of sp³-hybridized carbons (Fsp3) is 0.308. The molecule has 0 fully saturated rings. The lowest BCUT2D eigenvalue weighted by atomic mass is 10.2. The highest BCUT2D eigenvalue weighted by Crippen LogP contribution is 2.27. The van der Waals surface area contributed by atoms with Gasteiger partial charge in [0.1, 0.15) is 10.8 Å². The van der Waals surface area contributed by atoms with E-state index in [9.17, 15) is 4.79 Å². The van der Waals surface area contributed by atoms with Gasteiger partial charge in [-0.2, -0.15) is 5.10 Å². The second-order valence-corrected chi connectivity index (χ2v) is 5.29. The number of pyridine rings is 1. The average molecular weight is 328 g/mol. The average Bonchev–Trinajstić information content (AvgIpc) is 2.69. The van der Waals surface area contributed by atoms with Crippen molar-refractivity contribution in [3.05, 3.63) is 33.3 Å². The summed E-state index contributed by atoms with van der Waals surface area (Å²) in [6.45, 7) is 5.94. The van der Waals surface area contributed by atoms with Crippen LogP contribution in [0.5, 0.6) is 0 Å². The molecule has 2 rings (SSSR count). The van der Waals surface area contributed by atoms with Gasteiger partial charge < -0.3 is 11.1 Å². The van der Waals surface area contributed by atoms with Crippen molar-refractivity contribution in [3.8, 4) is 0 Å². The van der Waals surface area contributed by atoms with Crippen molar-refractivity contribution in [2.24, 2.45) is 0 Å². The van der Waals surface area contributed by atoms with Crippen LogP contribution in [0.4, 0.5) is 11.4 Å². The Morgan fingerprint density at radius 2 is 2.10 bits per heavy atom. The first-order valence-electron chi connectivity index (χ1n) is 6.32. The number of rotatable bonds is 3. The quantitative estimate of drug-likeness (QED) is 0.848. The summed E-state index contributed by atoms with van der Waals surface area (Å²) in [5, 5.41) is 7.33. The molecule has 0 radical (unpaired) electrons. The molecule has 0 saturated carbocycles. The number of hydrogen-bond acceptors (Lipinski definition) is 4. The van der Waals surface area contributed by atoms with Crippen LogP contribution in [0.3, 0.4) is 0 Å². The molecule has 21 heavy (non-hydrogen) atoms. The fourth-order valence-corrected chi connectivity index (χ4v) is 2.56. The number of halogens is 2. The number of nitrogens with zero attached hydrogens (tertiary/aromatic N) is 3. The number of aromatic nitrogens is 3. The van der Waals surface area contributed by atoms with Gasteiger partial charge in [-0.25, -0.2) is 4.98 Å². The maximum absolute atomic E-state index is 12.4. The van der Waals surface area contributed by atoms with E-state index in [0.717, 1.165) is 0 Å². The standard InChI is InChI=1S/C13H15Cl2N5O/c1-4-20-11(9(16)7(3)19-20)13(21)18-10-6(2)5-8(14)17-12(10)15/h5H,4,16H2,1-3H3,(H,18,21). The summed E-state index contributed by atoms with van der Waals surface area (Å²) in [4.78, 5) is 16.4. The lowest BCUT2D eigenvalue weighted by molar-refractivity contribution is 0.101. The molecule has 0 spiro atoms. The molecule has 112 valence electrons. The van der Waals surface area contributed by atoms with Gasteiger partial charge in [0.05, 0.1) is 17.1 Å². The number of carbonyl (C=O) groups excluding carboxylic acids is 1. The number of nitrogen functional groups attached to an aromatic ring is 1. The van der Waals surface area contributed by atoms with Gasteiger partial charge in [-0.3, -0.25) is 9.48 Å². The van der Waals surface area contributed by atoms with Gasteiger partial charge in [-0.05, 0) is 32.4 Å². The monoisotopic (exact) mass is 327 g/mol. The van der Waals surface area contributed by atoms with Crippen LogP contribution in [-0.2, 0) is 6.54 Å². The van der Waals surface area contributed by atoms with Gasteiger partial charge in [0.25, 0.3) is 5.91 Å². The molecule has 3 N–H and O–H groups in total. The number of amides is 1. The Morgan fingerprint density at radius 3 is 2.67 bits per heavy atom. The summed E-state index contributed by atoms with van der Waals surface area (Å²) in [6.07, 6.45) is 0. The van der Waals surface area contributed by atoms with Crippen molar-refractivity contribution in [1.29, 1.82) is 0 Å². The van der Waals surface area contributed by atoms with Crippen LogP contribution >= 0.6 is 23.2 Å². The first-order chi connectivity index (χ1) is 9.85. The molecule has 2 aromatic heterocycles. The number of nitrogens with two attached hydrogens (primary N) is 1. The molecule has 0 unspecified atom stereocenters. The third-order valence-corrected chi connectivity index (χ3v) is 3.54. The second kappa shape index (κ2) is 5.91. The molecule has 8 heteroatoms. The van der Waals surface area contributed by atoms with Crippen molar-refractivity contribution >= 4 is 40.5 Å². The van der Waals surface area contributed by atoms with Crippen LogP contribution in [0, 0.1) is 13.8 Å². The Hall–Kier alpha value is -1.79. The molecule has 6 nitrogen and oxygen atoms in total. The van der Waals surface area contributed by atoms with E-state index in [0.29, 0.717) is 34.9 Å². The molecule has 0 aliphatic rings. The molecule has 0 bridgehead atoms. The number of hydrogen-bond donors (Lipinski definition) is 2. The van der Waals surface area contributed by atoms with Crippen LogP contribution in [-0.4, -0.2) is 20.7 Å². The predicted octanol–water partition coefficient (Wildman–Crippen LogP) is 3.06. The molecule has 0 saturated heterocycles. The summed E-state index contributed by atoms with van der Waals surface area (Å²) in [7, 11) is 0. The number of anilines is 2. The van der Waals surface area contributed by atoms with Gasteiger partial charge in [0.2, 0.25) is 0 Å². The van der Waals surface area contributed by atoms with Crippen LogP contribution in [0.15, 0.2) is 6.07 Å². The summed E-state index contributed by atoms with van der Waals surface area (Å²) >= 11 is 11.8. The van der Waals surface area contributed by atoms with Gasteiger partial charge in [-0.15, -0.1) is 0 Å². The second-order valence-electron chi connectivity index (χ2n) is 4.55. The highest BCUT2D eigenvalue weighted by Gasteiger charge is 2.21. The van der Waals surface area contributed by atoms with Crippen LogP contribution < -0.4 is 11.1 Å². The van der Waals surface area contributed by atoms with E-state index in [1.54, 1.807) is 24.6 Å². The third kappa shape index (κ3) is 2.96. The molecule has 2 heterocycles. The topological polar surface area (TPSA) is 85.8 Å². The van der Waals surface area contributed by atoms with Crippen molar-refractivity contribution in [2.75, 3.05) is 11.1 Å². The van der Waals surface area contributed by atoms with Gasteiger partial charge in [0.15, 0.2) is 5.15 Å². The smallest absolute Gasteiger partial charge is 0.276 e. The minimum atomic E-state index is -0.385. The van der Waals surface area contributed by atoms with Crippen LogP contribution in [0.2, 0.25) is 10.3 Å². The van der Waals surface area contributed by atoms with Crippen molar-refractivity contribution in [3.63, 3.8) is 0 Å². The minimum absolute atomic E-state index is 0.131. The van der Waals surface area contributed by atoms with Crippen molar-refractivity contribution in [1.82, 2.24) is 14.8 Å². The Kier molecular flexibility index (Phi) is 4.39.